The van der Waals surface area contributed by atoms with Crippen LogP contribution in [0.1, 0.15) is 21.6 Å². The first-order valence-electron chi connectivity index (χ1n) is 10.1. The van der Waals surface area contributed by atoms with E-state index in [9.17, 15) is 9.59 Å². The van der Waals surface area contributed by atoms with Crippen LogP contribution in [0, 0.1) is 13.8 Å². The van der Waals surface area contributed by atoms with Gasteiger partial charge in [-0.3, -0.25) is 19.3 Å². The van der Waals surface area contributed by atoms with Gasteiger partial charge in [-0.05, 0) is 56.3 Å². The first kappa shape index (κ1) is 21.0. The molecule has 0 aliphatic rings. The molecule has 0 spiro atoms. The molecule has 0 unspecified atom stereocenters. The van der Waals surface area contributed by atoms with Crippen molar-refractivity contribution >= 4 is 34.1 Å². The van der Waals surface area contributed by atoms with Gasteiger partial charge in [0.2, 0.25) is 5.91 Å². The number of carbonyl (C=O) groups is 2. The summed E-state index contributed by atoms with van der Waals surface area (Å²) in [6, 6.07) is 14.6. The van der Waals surface area contributed by atoms with Crippen molar-refractivity contribution in [1.82, 2.24) is 14.8 Å². The fraction of sp³-hybridized carbons (Fsp3) is 0.167. The molecule has 8 nitrogen and oxygen atoms in total. The second kappa shape index (κ2) is 8.89. The maximum Gasteiger partial charge on any atom is 0.256 e. The van der Waals surface area contributed by atoms with Gasteiger partial charge < -0.3 is 15.4 Å². The molecule has 0 fully saturated rings. The van der Waals surface area contributed by atoms with Crippen molar-refractivity contribution in [1.29, 1.82) is 0 Å². The summed E-state index contributed by atoms with van der Waals surface area (Å²) >= 11 is 0. The van der Waals surface area contributed by atoms with Gasteiger partial charge in [0.05, 0.1) is 30.1 Å². The number of benzene rings is 2. The lowest BCUT2D eigenvalue weighted by molar-refractivity contribution is -0.116. The highest BCUT2D eigenvalue weighted by molar-refractivity contribution is 6.12. The SMILES string of the molecule is COc1ccc(NC(=O)Cn2cc(NC(=O)c3cc(C)nc4ccc(C)cc34)cn2)cc1. The number of fused-ring (bicyclic) bond motifs is 1. The summed E-state index contributed by atoms with van der Waals surface area (Å²) in [7, 11) is 1.58. The van der Waals surface area contributed by atoms with Crippen molar-refractivity contribution in [2.24, 2.45) is 0 Å². The number of aryl methyl sites for hydroxylation is 2. The van der Waals surface area contributed by atoms with Crippen LogP contribution in [-0.2, 0) is 11.3 Å². The number of methoxy groups -OCH3 is 1. The summed E-state index contributed by atoms with van der Waals surface area (Å²) in [6.45, 7) is 3.84. The molecule has 4 rings (SSSR count). The van der Waals surface area contributed by atoms with Crippen LogP contribution in [0.3, 0.4) is 0 Å². The molecule has 0 saturated heterocycles. The second-order valence-corrected chi connectivity index (χ2v) is 7.49. The maximum atomic E-state index is 13.0. The number of carbonyl (C=O) groups excluding carboxylic acids is 2. The van der Waals surface area contributed by atoms with Gasteiger partial charge in [0.15, 0.2) is 0 Å². The molecule has 162 valence electrons. The lowest BCUT2D eigenvalue weighted by Gasteiger charge is -2.09. The minimum atomic E-state index is -0.256. The Morgan fingerprint density at radius 1 is 1.00 bits per heavy atom. The molecular formula is C24H23N5O3. The zero-order chi connectivity index (χ0) is 22.7. The molecule has 0 atom stereocenters. The average Bonchev–Trinajstić information content (AvgIpc) is 3.20. The number of amides is 2. The Morgan fingerprint density at radius 2 is 1.78 bits per heavy atom. The highest BCUT2D eigenvalue weighted by Gasteiger charge is 2.14. The Morgan fingerprint density at radius 3 is 2.53 bits per heavy atom. The molecule has 2 amide bonds. The number of aromatic nitrogens is 3. The number of rotatable bonds is 6. The number of anilines is 2. The van der Waals surface area contributed by atoms with E-state index in [1.165, 1.54) is 10.9 Å². The predicted molar refractivity (Wildman–Crippen MR) is 123 cm³/mol. The highest BCUT2D eigenvalue weighted by Crippen LogP contribution is 2.21. The average molecular weight is 429 g/mol. The summed E-state index contributed by atoms with van der Waals surface area (Å²) in [4.78, 5) is 29.8. The third kappa shape index (κ3) is 4.75. The minimum Gasteiger partial charge on any atom is -0.497 e. The first-order chi connectivity index (χ1) is 15.4. The van der Waals surface area contributed by atoms with Gasteiger partial charge in [-0.1, -0.05) is 11.6 Å². The van der Waals surface area contributed by atoms with Gasteiger partial charge >= 0.3 is 0 Å². The zero-order valence-electron chi connectivity index (χ0n) is 18.0. The van der Waals surface area contributed by atoms with E-state index >= 15 is 0 Å². The van der Waals surface area contributed by atoms with Crippen molar-refractivity contribution in [3.63, 3.8) is 0 Å². The van der Waals surface area contributed by atoms with Crippen LogP contribution in [0.4, 0.5) is 11.4 Å². The summed E-state index contributed by atoms with van der Waals surface area (Å²) in [5.74, 6) is 0.221. The normalized spacial score (nSPS) is 10.7. The number of nitrogens with one attached hydrogen (secondary N) is 2. The smallest absolute Gasteiger partial charge is 0.256 e. The Kier molecular flexibility index (Phi) is 5.85. The monoisotopic (exact) mass is 429 g/mol. The lowest BCUT2D eigenvalue weighted by Crippen LogP contribution is -2.19. The van der Waals surface area contributed by atoms with Crippen LogP contribution < -0.4 is 15.4 Å². The van der Waals surface area contributed by atoms with Crippen LogP contribution in [0.5, 0.6) is 5.75 Å². The molecule has 32 heavy (non-hydrogen) atoms. The third-order valence-corrected chi connectivity index (χ3v) is 4.91. The van der Waals surface area contributed by atoms with Crippen LogP contribution in [0.25, 0.3) is 10.9 Å². The van der Waals surface area contributed by atoms with Gasteiger partial charge in [-0.25, -0.2) is 0 Å². The molecule has 2 N–H and O–H groups in total. The van der Waals surface area contributed by atoms with E-state index in [4.69, 9.17) is 4.74 Å². The molecule has 2 heterocycles. The van der Waals surface area contributed by atoms with Crippen molar-refractivity contribution in [3.8, 4) is 5.75 Å². The number of hydrogen-bond donors (Lipinski definition) is 2. The van der Waals surface area contributed by atoms with Crippen LogP contribution in [0.15, 0.2) is 60.9 Å². The van der Waals surface area contributed by atoms with Crippen molar-refractivity contribution < 1.29 is 14.3 Å². The molecule has 4 aromatic rings. The predicted octanol–water partition coefficient (Wildman–Crippen LogP) is 3.95. The third-order valence-electron chi connectivity index (χ3n) is 4.91. The van der Waals surface area contributed by atoms with E-state index in [0.29, 0.717) is 22.7 Å². The minimum absolute atomic E-state index is 0.0123. The maximum absolute atomic E-state index is 13.0. The van der Waals surface area contributed by atoms with Crippen LogP contribution >= 0.6 is 0 Å². The molecule has 8 heteroatoms. The Bertz CT molecular complexity index is 1290. The Hall–Kier alpha value is -4.20. The summed E-state index contributed by atoms with van der Waals surface area (Å²) in [5.41, 5.74) is 4.28. The largest absolute Gasteiger partial charge is 0.497 e. The molecular weight excluding hydrogens is 406 g/mol. The van der Waals surface area contributed by atoms with Crippen molar-refractivity contribution in [3.05, 3.63) is 77.7 Å². The van der Waals surface area contributed by atoms with Gasteiger partial charge in [-0.2, -0.15) is 5.10 Å². The van der Waals surface area contributed by atoms with E-state index in [1.54, 1.807) is 43.6 Å². The van der Waals surface area contributed by atoms with Gasteiger partial charge in [0.1, 0.15) is 12.3 Å². The van der Waals surface area contributed by atoms with E-state index in [1.807, 2.05) is 32.0 Å². The number of hydrogen-bond acceptors (Lipinski definition) is 5. The van der Waals surface area contributed by atoms with Crippen LogP contribution in [0.2, 0.25) is 0 Å². The van der Waals surface area contributed by atoms with E-state index in [-0.39, 0.29) is 18.4 Å². The van der Waals surface area contributed by atoms with Crippen molar-refractivity contribution in [2.45, 2.75) is 20.4 Å². The molecule has 0 bridgehead atoms. The number of nitrogens with zero attached hydrogens (tertiary/aromatic N) is 3. The number of ether oxygens (including phenoxy) is 1. The fourth-order valence-electron chi connectivity index (χ4n) is 3.39. The molecule has 0 radical (unpaired) electrons. The first-order valence-corrected chi connectivity index (χ1v) is 10.1. The Balaban J connectivity index is 1.44. The quantitative estimate of drug-likeness (QED) is 0.484. The standard InChI is InChI=1S/C24H23N5O3/c1-15-4-9-22-20(10-15)21(11-16(2)26-22)24(31)28-18-12-25-29(13-18)14-23(30)27-17-5-7-19(32-3)8-6-17/h4-13H,14H2,1-3H3,(H,27,30)(H,28,31). The van der Waals surface area contributed by atoms with Crippen LogP contribution in [-0.4, -0.2) is 33.7 Å². The van der Waals surface area contributed by atoms with E-state index in [2.05, 4.69) is 20.7 Å². The summed E-state index contributed by atoms with van der Waals surface area (Å²) < 4.78 is 6.57. The topological polar surface area (TPSA) is 98.1 Å². The van der Waals surface area contributed by atoms with Crippen molar-refractivity contribution in [2.75, 3.05) is 17.7 Å². The second-order valence-electron chi connectivity index (χ2n) is 7.49. The highest BCUT2D eigenvalue weighted by atomic mass is 16.5. The summed E-state index contributed by atoms with van der Waals surface area (Å²) in [6.07, 6.45) is 3.13. The van der Waals surface area contributed by atoms with E-state index < -0.39 is 0 Å². The fourth-order valence-corrected chi connectivity index (χ4v) is 3.39. The van der Waals surface area contributed by atoms with Gasteiger partial charge in [0.25, 0.3) is 5.91 Å². The lowest BCUT2D eigenvalue weighted by atomic mass is 10.0. The zero-order valence-corrected chi connectivity index (χ0v) is 18.0. The summed E-state index contributed by atoms with van der Waals surface area (Å²) in [5, 5.41) is 10.6. The molecule has 0 aliphatic heterocycles. The molecule has 0 aliphatic carbocycles. The molecule has 2 aromatic heterocycles. The number of pyridine rings is 1. The van der Waals surface area contributed by atoms with E-state index in [0.717, 1.165) is 22.2 Å². The Labute approximate surface area is 185 Å². The molecule has 2 aromatic carbocycles. The molecule has 0 saturated carbocycles. The van der Waals surface area contributed by atoms with Gasteiger partial charge in [-0.15, -0.1) is 0 Å². The van der Waals surface area contributed by atoms with Gasteiger partial charge in [0, 0.05) is 23.0 Å².